The van der Waals surface area contributed by atoms with Gasteiger partial charge in [-0.2, -0.15) is 0 Å². The van der Waals surface area contributed by atoms with Gasteiger partial charge in [0.25, 0.3) is 5.56 Å². The molecule has 136 valence electrons. The number of nitrogens with zero attached hydrogens (tertiary/aromatic N) is 4. The maximum absolute atomic E-state index is 12.4. The zero-order chi connectivity index (χ0) is 18.5. The number of nitrogen functional groups attached to an aromatic ring is 1. The molecule has 0 aliphatic rings. The first-order chi connectivity index (χ1) is 12.6. The largest absolute Gasteiger partial charge is 0.481 e. The molecule has 26 heavy (non-hydrogen) atoms. The van der Waals surface area contributed by atoms with Gasteiger partial charge in [0.2, 0.25) is 5.88 Å². The molecule has 3 aromatic rings. The van der Waals surface area contributed by atoms with E-state index in [1.54, 1.807) is 30.1 Å². The third kappa shape index (κ3) is 3.65. The van der Waals surface area contributed by atoms with Gasteiger partial charge in [-0.1, -0.05) is 6.92 Å². The van der Waals surface area contributed by atoms with E-state index in [1.807, 2.05) is 19.1 Å². The third-order valence-electron chi connectivity index (χ3n) is 3.91. The van der Waals surface area contributed by atoms with E-state index in [9.17, 15) is 4.79 Å². The smallest absolute Gasteiger partial charge is 0.293 e. The second-order valence-corrected chi connectivity index (χ2v) is 5.71. The van der Waals surface area contributed by atoms with Gasteiger partial charge in [0, 0.05) is 31.0 Å². The van der Waals surface area contributed by atoms with Crippen LogP contribution >= 0.6 is 0 Å². The van der Waals surface area contributed by atoms with Gasteiger partial charge in [-0.25, -0.2) is 9.97 Å². The lowest BCUT2D eigenvalue weighted by atomic mass is 10.2. The van der Waals surface area contributed by atoms with E-state index in [0.717, 1.165) is 12.0 Å². The van der Waals surface area contributed by atoms with Gasteiger partial charge in [0.15, 0.2) is 5.82 Å². The average Bonchev–Trinajstić information content (AvgIpc) is 2.67. The van der Waals surface area contributed by atoms with Crippen molar-refractivity contribution in [3.05, 3.63) is 40.9 Å². The number of nitrogens with two attached hydrogens (primary N) is 1. The molecule has 3 aromatic heterocycles. The van der Waals surface area contributed by atoms with E-state index < -0.39 is 0 Å². The Bertz CT molecular complexity index is 953. The molecule has 0 atom stereocenters. The van der Waals surface area contributed by atoms with Gasteiger partial charge in [-0.05, 0) is 18.6 Å². The minimum atomic E-state index is -0.331. The molecule has 8 nitrogen and oxygen atoms in total. The Hall–Kier alpha value is -3.00. The predicted octanol–water partition coefficient (Wildman–Crippen LogP) is 1.87. The summed E-state index contributed by atoms with van der Waals surface area (Å²) in [6.07, 6.45) is 4.20. The molecule has 0 saturated carbocycles. The number of hydrogen-bond donors (Lipinski definition) is 1. The normalized spacial score (nSPS) is 11.0. The van der Waals surface area contributed by atoms with E-state index in [1.165, 1.54) is 0 Å². The van der Waals surface area contributed by atoms with E-state index in [-0.39, 0.29) is 11.4 Å². The van der Waals surface area contributed by atoms with Crippen LogP contribution in [0.3, 0.4) is 0 Å². The summed E-state index contributed by atoms with van der Waals surface area (Å²) in [6.45, 7) is 3.50. The molecule has 0 aromatic carbocycles. The van der Waals surface area contributed by atoms with Gasteiger partial charge in [0.05, 0.1) is 31.1 Å². The van der Waals surface area contributed by atoms with Crippen molar-refractivity contribution in [2.45, 2.75) is 19.9 Å². The molecule has 0 unspecified atom stereocenters. The summed E-state index contributed by atoms with van der Waals surface area (Å²) in [5, 5.41) is 0. The number of anilines is 1. The van der Waals surface area contributed by atoms with Crippen LogP contribution in [0, 0.1) is 0 Å². The number of fused-ring (bicyclic) bond motifs is 1. The van der Waals surface area contributed by atoms with E-state index >= 15 is 0 Å². The minimum absolute atomic E-state index is 0.0475. The molecular weight excluding hydrogens is 334 g/mol. The molecule has 0 bridgehead atoms. The molecule has 2 N–H and O–H groups in total. The van der Waals surface area contributed by atoms with Crippen molar-refractivity contribution >= 4 is 16.9 Å². The molecule has 0 aliphatic carbocycles. The number of methoxy groups -OCH3 is 1. The highest BCUT2D eigenvalue weighted by Gasteiger charge is 2.11. The van der Waals surface area contributed by atoms with Crippen LogP contribution in [-0.2, 0) is 11.3 Å². The zero-order valence-corrected chi connectivity index (χ0v) is 14.8. The zero-order valence-electron chi connectivity index (χ0n) is 14.8. The Balaban J connectivity index is 2.03. The first-order valence-corrected chi connectivity index (χ1v) is 8.38. The molecule has 0 fully saturated rings. The molecule has 0 aliphatic heterocycles. The molecule has 8 heteroatoms. The summed E-state index contributed by atoms with van der Waals surface area (Å²) in [7, 11) is 1.56. The third-order valence-corrected chi connectivity index (χ3v) is 3.91. The maximum Gasteiger partial charge on any atom is 0.293 e. The quantitative estimate of drug-likeness (QED) is 0.645. The molecule has 0 radical (unpaired) electrons. The molecule has 0 amide bonds. The minimum Gasteiger partial charge on any atom is -0.481 e. The highest BCUT2D eigenvalue weighted by Crippen LogP contribution is 2.21. The van der Waals surface area contributed by atoms with Crippen LogP contribution in [0.15, 0.2) is 35.4 Å². The first kappa shape index (κ1) is 17.8. The van der Waals surface area contributed by atoms with Crippen molar-refractivity contribution in [2.75, 3.05) is 26.1 Å². The Morgan fingerprint density at radius 2 is 2.04 bits per heavy atom. The number of pyridine rings is 2. The first-order valence-electron chi connectivity index (χ1n) is 8.38. The summed E-state index contributed by atoms with van der Waals surface area (Å²) in [4.78, 5) is 25.2. The molecule has 0 saturated heterocycles. The van der Waals surface area contributed by atoms with Crippen molar-refractivity contribution in [3.63, 3.8) is 0 Å². The fourth-order valence-corrected chi connectivity index (χ4v) is 2.60. The van der Waals surface area contributed by atoms with Gasteiger partial charge >= 0.3 is 0 Å². The average molecular weight is 355 g/mol. The lowest BCUT2D eigenvalue weighted by Gasteiger charge is -2.12. The summed E-state index contributed by atoms with van der Waals surface area (Å²) in [5.74, 6) is 0.475. The number of aromatic nitrogens is 4. The Kier molecular flexibility index (Phi) is 5.43. The molecule has 3 rings (SSSR count). The van der Waals surface area contributed by atoms with Gasteiger partial charge in [-0.3, -0.25) is 9.78 Å². The summed E-state index contributed by atoms with van der Waals surface area (Å²) in [6, 6.07) is 5.43. The standard InChI is InChI=1S/C18H21N5O3/c1-3-7-26-8-6-23-15-9-13(12-4-5-16(25-2)21-10-12)20-11-14(15)22-17(19)18(23)24/h4-5,9-11H,3,6-8H2,1-2H3,(H2,19,22). The van der Waals surface area contributed by atoms with Gasteiger partial charge in [-0.15, -0.1) is 0 Å². The molecule has 3 heterocycles. The van der Waals surface area contributed by atoms with E-state index in [2.05, 4.69) is 15.0 Å². The van der Waals surface area contributed by atoms with E-state index in [0.29, 0.717) is 42.4 Å². The van der Waals surface area contributed by atoms with Crippen LogP contribution in [-0.4, -0.2) is 39.8 Å². The van der Waals surface area contributed by atoms with Crippen molar-refractivity contribution in [3.8, 4) is 17.1 Å². The summed E-state index contributed by atoms with van der Waals surface area (Å²) < 4.78 is 12.2. The molecular formula is C18H21N5O3. The summed E-state index contributed by atoms with van der Waals surface area (Å²) in [5.41, 5.74) is 8.14. The topological polar surface area (TPSA) is 105 Å². The maximum atomic E-state index is 12.4. The van der Waals surface area contributed by atoms with Crippen LogP contribution in [0.1, 0.15) is 13.3 Å². The van der Waals surface area contributed by atoms with Gasteiger partial charge < -0.3 is 19.8 Å². The lowest BCUT2D eigenvalue weighted by molar-refractivity contribution is 0.127. The fraction of sp³-hybridized carbons (Fsp3) is 0.333. The molecule has 0 spiro atoms. The lowest BCUT2D eigenvalue weighted by Crippen LogP contribution is -2.26. The highest BCUT2D eigenvalue weighted by molar-refractivity contribution is 5.79. The van der Waals surface area contributed by atoms with E-state index in [4.69, 9.17) is 15.2 Å². The summed E-state index contributed by atoms with van der Waals surface area (Å²) >= 11 is 0. The van der Waals surface area contributed by atoms with Crippen molar-refractivity contribution in [1.29, 1.82) is 0 Å². The Morgan fingerprint density at radius 1 is 1.19 bits per heavy atom. The number of ether oxygens (including phenoxy) is 2. The van der Waals surface area contributed by atoms with Crippen molar-refractivity contribution in [2.24, 2.45) is 0 Å². The second kappa shape index (κ2) is 7.92. The van der Waals surface area contributed by atoms with Crippen LogP contribution in [0.5, 0.6) is 5.88 Å². The van der Waals surface area contributed by atoms with Crippen molar-refractivity contribution < 1.29 is 9.47 Å². The number of hydrogen-bond acceptors (Lipinski definition) is 7. The van der Waals surface area contributed by atoms with Crippen molar-refractivity contribution in [1.82, 2.24) is 19.5 Å². The van der Waals surface area contributed by atoms with Crippen LogP contribution < -0.4 is 16.0 Å². The SMILES string of the molecule is CCCOCCn1c(=O)c(N)nc2cnc(-c3ccc(OC)nc3)cc21. The second-order valence-electron chi connectivity index (χ2n) is 5.71. The fourth-order valence-electron chi connectivity index (χ4n) is 2.60. The van der Waals surface area contributed by atoms with Crippen LogP contribution in [0.2, 0.25) is 0 Å². The predicted molar refractivity (Wildman–Crippen MR) is 99.1 cm³/mol. The number of rotatable bonds is 7. The van der Waals surface area contributed by atoms with Crippen LogP contribution in [0.4, 0.5) is 5.82 Å². The highest BCUT2D eigenvalue weighted by atomic mass is 16.5. The Labute approximate surface area is 150 Å². The Morgan fingerprint density at radius 3 is 2.73 bits per heavy atom. The van der Waals surface area contributed by atoms with Gasteiger partial charge in [0.1, 0.15) is 5.52 Å². The monoisotopic (exact) mass is 355 g/mol. The van der Waals surface area contributed by atoms with Crippen LogP contribution in [0.25, 0.3) is 22.3 Å².